The van der Waals surface area contributed by atoms with Gasteiger partial charge in [0.1, 0.15) is 5.75 Å². The number of benzene rings is 2. The van der Waals surface area contributed by atoms with Crippen LogP contribution in [0.1, 0.15) is 30.9 Å². The minimum atomic E-state index is -4.37. The van der Waals surface area contributed by atoms with Gasteiger partial charge in [-0.2, -0.15) is 18.3 Å². The van der Waals surface area contributed by atoms with Crippen LogP contribution in [0.25, 0.3) is 11.3 Å². The van der Waals surface area contributed by atoms with Crippen LogP contribution in [-0.2, 0) is 18.3 Å². The van der Waals surface area contributed by atoms with Crippen molar-refractivity contribution in [3.8, 4) is 22.9 Å². The average molecular weight is 401 g/mol. The SMILES string of the molecule is CCn1nc(-c2cccc(C3(NC)CC3)c2)cc1Oc1ccc(C(F)(F)F)cc1. The molecule has 1 saturated carbocycles. The zero-order valence-electron chi connectivity index (χ0n) is 16.3. The Balaban J connectivity index is 1.60. The fraction of sp³-hybridized carbons (Fsp3) is 0.318. The number of alkyl halides is 3. The molecule has 1 aliphatic rings. The molecule has 0 saturated heterocycles. The molecular formula is C22H22F3N3O. The standard InChI is InChI=1S/C22H22F3N3O/c1-3-28-20(29-18-9-7-16(8-10-18)22(23,24)25)14-19(27-28)15-5-4-6-17(13-15)21(26-2)11-12-21/h4-10,13-14,26H,3,11-12H2,1-2H3. The lowest BCUT2D eigenvalue weighted by Gasteiger charge is -2.15. The third-order valence-corrected chi connectivity index (χ3v) is 5.39. The first-order valence-corrected chi connectivity index (χ1v) is 9.57. The van der Waals surface area contributed by atoms with Crippen LogP contribution in [-0.4, -0.2) is 16.8 Å². The summed E-state index contributed by atoms with van der Waals surface area (Å²) >= 11 is 0. The summed E-state index contributed by atoms with van der Waals surface area (Å²) in [5.74, 6) is 0.822. The second kappa shape index (κ2) is 7.22. The number of rotatable bonds is 6. The lowest BCUT2D eigenvalue weighted by molar-refractivity contribution is -0.137. The van der Waals surface area contributed by atoms with E-state index in [1.165, 1.54) is 17.7 Å². The molecule has 3 aromatic rings. The van der Waals surface area contributed by atoms with Crippen molar-refractivity contribution in [3.63, 3.8) is 0 Å². The maximum atomic E-state index is 12.7. The van der Waals surface area contributed by atoms with Crippen LogP contribution in [0.15, 0.2) is 54.6 Å². The molecule has 4 nitrogen and oxygen atoms in total. The molecule has 0 unspecified atom stereocenters. The van der Waals surface area contributed by atoms with Crippen LogP contribution in [0.2, 0.25) is 0 Å². The minimum Gasteiger partial charge on any atom is -0.439 e. The molecule has 0 spiro atoms. The molecule has 0 aliphatic heterocycles. The molecule has 1 N–H and O–H groups in total. The lowest BCUT2D eigenvalue weighted by atomic mass is 10.0. The van der Waals surface area contributed by atoms with Crippen LogP contribution < -0.4 is 10.1 Å². The van der Waals surface area contributed by atoms with E-state index in [4.69, 9.17) is 4.74 Å². The van der Waals surface area contributed by atoms with E-state index in [1.807, 2.05) is 32.2 Å². The highest BCUT2D eigenvalue weighted by molar-refractivity contribution is 5.62. The molecule has 0 atom stereocenters. The zero-order valence-corrected chi connectivity index (χ0v) is 16.3. The largest absolute Gasteiger partial charge is 0.439 e. The van der Waals surface area contributed by atoms with Crippen LogP contribution in [0.3, 0.4) is 0 Å². The number of aromatic nitrogens is 2. The molecule has 0 radical (unpaired) electrons. The quantitative estimate of drug-likeness (QED) is 0.585. The van der Waals surface area contributed by atoms with Gasteiger partial charge in [-0.3, -0.25) is 0 Å². The molecular weight excluding hydrogens is 379 g/mol. The summed E-state index contributed by atoms with van der Waals surface area (Å²) in [4.78, 5) is 0. The highest BCUT2D eigenvalue weighted by Gasteiger charge is 2.42. The van der Waals surface area contributed by atoms with E-state index in [1.54, 1.807) is 4.68 Å². The molecule has 152 valence electrons. The third-order valence-electron chi connectivity index (χ3n) is 5.39. The first-order valence-electron chi connectivity index (χ1n) is 9.57. The van der Waals surface area contributed by atoms with Crippen molar-refractivity contribution in [2.45, 2.75) is 38.0 Å². The molecule has 0 bridgehead atoms. The first-order chi connectivity index (χ1) is 13.8. The molecule has 7 heteroatoms. The third kappa shape index (κ3) is 3.87. The van der Waals surface area contributed by atoms with E-state index in [0.717, 1.165) is 36.2 Å². The highest BCUT2D eigenvalue weighted by atomic mass is 19.4. The van der Waals surface area contributed by atoms with Gasteiger partial charge in [0.15, 0.2) is 0 Å². The Hall–Kier alpha value is -2.80. The van der Waals surface area contributed by atoms with Crippen molar-refractivity contribution in [3.05, 3.63) is 65.7 Å². The van der Waals surface area contributed by atoms with Crippen molar-refractivity contribution in [2.24, 2.45) is 0 Å². The van der Waals surface area contributed by atoms with Crippen LogP contribution in [0.5, 0.6) is 11.6 Å². The number of ether oxygens (including phenoxy) is 1. The monoisotopic (exact) mass is 401 g/mol. The predicted molar refractivity (Wildman–Crippen MR) is 105 cm³/mol. The smallest absolute Gasteiger partial charge is 0.416 e. The first kappa shape index (κ1) is 19.5. The zero-order chi connectivity index (χ0) is 20.6. The number of hydrogen-bond donors (Lipinski definition) is 1. The summed E-state index contributed by atoms with van der Waals surface area (Å²) < 4.78 is 45.8. The summed E-state index contributed by atoms with van der Waals surface area (Å²) in [5.41, 5.74) is 2.33. The Bertz CT molecular complexity index is 1000. The maximum Gasteiger partial charge on any atom is 0.416 e. The highest BCUT2D eigenvalue weighted by Crippen LogP contribution is 2.45. The number of hydrogen-bond acceptors (Lipinski definition) is 3. The molecule has 1 heterocycles. The van der Waals surface area contributed by atoms with E-state index in [2.05, 4.69) is 22.5 Å². The van der Waals surface area contributed by atoms with Crippen molar-refractivity contribution < 1.29 is 17.9 Å². The van der Waals surface area contributed by atoms with Gasteiger partial charge in [0, 0.05) is 23.7 Å². The van der Waals surface area contributed by atoms with Gasteiger partial charge in [-0.15, -0.1) is 0 Å². The summed E-state index contributed by atoms with van der Waals surface area (Å²) in [6.07, 6.45) is -2.15. The summed E-state index contributed by atoms with van der Waals surface area (Å²) in [6.45, 7) is 2.52. The fourth-order valence-electron chi connectivity index (χ4n) is 3.47. The molecule has 29 heavy (non-hydrogen) atoms. The Morgan fingerprint density at radius 1 is 1.10 bits per heavy atom. The number of nitrogens with zero attached hydrogens (tertiary/aromatic N) is 2. The maximum absolute atomic E-state index is 12.7. The predicted octanol–water partition coefficient (Wildman–Crippen LogP) is 5.59. The molecule has 0 amide bonds. The van der Waals surface area contributed by atoms with Gasteiger partial charge in [-0.05, 0) is 62.7 Å². The summed E-state index contributed by atoms with van der Waals surface area (Å²) in [5, 5.41) is 8.01. The Morgan fingerprint density at radius 3 is 2.41 bits per heavy atom. The second-order valence-electron chi connectivity index (χ2n) is 7.22. The molecule has 4 rings (SSSR count). The molecule has 1 aromatic heterocycles. The topological polar surface area (TPSA) is 39.1 Å². The van der Waals surface area contributed by atoms with Crippen LogP contribution in [0, 0.1) is 0 Å². The van der Waals surface area contributed by atoms with Crippen molar-refractivity contribution in [1.29, 1.82) is 0 Å². The van der Waals surface area contributed by atoms with Gasteiger partial charge in [0.2, 0.25) is 5.88 Å². The van der Waals surface area contributed by atoms with E-state index < -0.39 is 11.7 Å². The Morgan fingerprint density at radius 2 is 1.83 bits per heavy atom. The normalized spacial score (nSPS) is 15.3. The van der Waals surface area contributed by atoms with Crippen molar-refractivity contribution in [1.82, 2.24) is 15.1 Å². The van der Waals surface area contributed by atoms with Crippen molar-refractivity contribution in [2.75, 3.05) is 7.05 Å². The molecule has 1 fully saturated rings. The number of aryl methyl sites for hydroxylation is 1. The second-order valence-corrected chi connectivity index (χ2v) is 7.22. The summed E-state index contributed by atoms with van der Waals surface area (Å²) in [6, 6.07) is 14.7. The van der Waals surface area contributed by atoms with Gasteiger partial charge < -0.3 is 10.1 Å². The Labute approximate surface area is 167 Å². The number of nitrogens with one attached hydrogen (secondary N) is 1. The molecule has 2 aromatic carbocycles. The van der Waals surface area contributed by atoms with E-state index in [-0.39, 0.29) is 5.54 Å². The van der Waals surface area contributed by atoms with Gasteiger partial charge in [0.25, 0.3) is 0 Å². The van der Waals surface area contributed by atoms with Crippen LogP contribution >= 0.6 is 0 Å². The van der Waals surface area contributed by atoms with Gasteiger partial charge in [-0.25, -0.2) is 4.68 Å². The van der Waals surface area contributed by atoms with E-state index in [9.17, 15) is 13.2 Å². The van der Waals surface area contributed by atoms with Gasteiger partial charge in [-0.1, -0.05) is 18.2 Å². The fourth-order valence-corrected chi connectivity index (χ4v) is 3.47. The van der Waals surface area contributed by atoms with E-state index >= 15 is 0 Å². The average Bonchev–Trinajstić information content (AvgIpc) is 3.42. The molecule has 1 aliphatic carbocycles. The van der Waals surface area contributed by atoms with Gasteiger partial charge >= 0.3 is 6.18 Å². The Kier molecular flexibility index (Phi) is 4.86. The van der Waals surface area contributed by atoms with Crippen LogP contribution in [0.4, 0.5) is 13.2 Å². The summed E-state index contributed by atoms with van der Waals surface area (Å²) in [7, 11) is 1.97. The van der Waals surface area contributed by atoms with Crippen molar-refractivity contribution >= 4 is 0 Å². The number of halogens is 3. The lowest BCUT2D eigenvalue weighted by Crippen LogP contribution is -2.24. The van der Waals surface area contributed by atoms with Gasteiger partial charge in [0.05, 0.1) is 11.3 Å². The van der Waals surface area contributed by atoms with E-state index in [0.29, 0.717) is 18.2 Å². The minimum absolute atomic E-state index is 0.0584.